The molecule has 21 heavy (non-hydrogen) atoms. The topological polar surface area (TPSA) is 29.3 Å². The number of rotatable bonds is 3. The van der Waals surface area contributed by atoms with Crippen LogP contribution in [0.4, 0.5) is 0 Å². The average molecular weight is 282 g/mol. The molecule has 0 aliphatic carbocycles. The highest BCUT2D eigenvalue weighted by molar-refractivity contribution is 5.83. The summed E-state index contributed by atoms with van der Waals surface area (Å²) in [6.07, 6.45) is 2.62. The highest BCUT2D eigenvalue weighted by atomic mass is 15.2. The van der Waals surface area contributed by atoms with Gasteiger partial charge in [0.2, 0.25) is 0 Å². The van der Waals surface area contributed by atoms with Crippen LogP contribution in [0.2, 0.25) is 0 Å². The van der Waals surface area contributed by atoms with Gasteiger partial charge in [-0.1, -0.05) is 43.3 Å². The van der Waals surface area contributed by atoms with E-state index in [0.717, 1.165) is 12.5 Å². The second-order valence-corrected chi connectivity index (χ2v) is 6.59. The van der Waals surface area contributed by atoms with E-state index >= 15 is 0 Å². The summed E-state index contributed by atoms with van der Waals surface area (Å²) >= 11 is 0. The summed E-state index contributed by atoms with van der Waals surface area (Å²) in [5.41, 5.74) is 7.50. The molecule has 1 aliphatic heterocycles. The van der Waals surface area contributed by atoms with Crippen LogP contribution in [-0.2, 0) is 0 Å². The Morgan fingerprint density at radius 2 is 1.86 bits per heavy atom. The molecule has 1 fully saturated rings. The van der Waals surface area contributed by atoms with Gasteiger partial charge in [-0.3, -0.25) is 4.90 Å². The van der Waals surface area contributed by atoms with Crippen molar-refractivity contribution >= 4 is 10.8 Å². The van der Waals surface area contributed by atoms with Crippen LogP contribution in [0.1, 0.15) is 38.3 Å². The Balaban J connectivity index is 1.93. The molecule has 3 unspecified atom stereocenters. The summed E-state index contributed by atoms with van der Waals surface area (Å²) in [4.78, 5) is 2.61. The number of benzene rings is 2. The normalized spacial score (nSPS) is 25.1. The monoisotopic (exact) mass is 282 g/mol. The summed E-state index contributed by atoms with van der Waals surface area (Å²) in [7, 11) is 0. The molecule has 1 aliphatic rings. The minimum Gasteiger partial charge on any atom is -0.329 e. The average Bonchev–Trinajstić information content (AvgIpc) is 2.51. The molecule has 0 saturated carbocycles. The van der Waals surface area contributed by atoms with Gasteiger partial charge in [0.25, 0.3) is 0 Å². The van der Waals surface area contributed by atoms with Crippen molar-refractivity contribution in [2.24, 2.45) is 11.7 Å². The predicted molar refractivity (Wildman–Crippen MR) is 90.3 cm³/mol. The first-order valence-corrected chi connectivity index (χ1v) is 8.13. The second-order valence-electron chi connectivity index (χ2n) is 6.59. The minimum atomic E-state index is 0.340. The molecular weight excluding hydrogens is 256 g/mol. The lowest BCUT2D eigenvalue weighted by molar-refractivity contribution is 0.0799. The quantitative estimate of drug-likeness (QED) is 0.923. The van der Waals surface area contributed by atoms with Crippen molar-refractivity contribution in [1.82, 2.24) is 4.90 Å². The van der Waals surface area contributed by atoms with Crippen molar-refractivity contribution in [2.75, 3.05) is 13.1 Å². The fourth-order valence-electron chi connectivity index (χ4n) is 3.64. The van der Waals surface area contributed by atoms with Gasteiger partial charge >= 0.3 is 0 Å². The van der Waals surface area contributed by atoms with E-state index in [9.17, 15) is 0 Å². The molecule has 112 valence electrons. The van der Waals surface area contributed by atoms with Gasteiger partial charge < -0.3 is 5.73 Å². The number of piperidine rings is 1. The third kappa shape index (κ3) is 2.97. The molecule has 2 nitrogen and oxygen atoms in total. The Morgan fingerprint density at radius 3 is 2.62 bits per heavy atom. The first kappa shape index (κ1) is 14.6. The lowest BCUT2D eigenvalue weighted by Gasteiger charge is -2.42. The predicted octanol–water partition coefficient (Wildman–Crippen LogP) is 3.96. The molecular formula is C19H26N2. The SMILES string of the molecule is CC1CCC(C)N(C(CN)c2ccc3ccccc3c2)C1. The molecule has 1 saturated heterocycles. The van der Waals surface area contributed by atoms with Gasteiger partial charge in [-0.15, -0.1) is 0 Å². The maximum Gasteiger partial charge on any atom is 0.0473 e. The second kappa shape index (κ2) is 6.17. The van der Waals surface area contributed by atoms with E-state index in [1.165, 1.54) is 29.2 Å². The molecule has 3 rings (SSSR count). The fraction of sp³-hybridized carbons (Fsp3) is 0.474. The van der Waals surface area contributed by atoms with Gasteiger partial charge in [-0.25, -0.2) is 0 Å². The third-order valence-electron chi connectivity index (χ3n) is 4.95. The summed E-state index contributed by atoms with van der Waals surface area (Å²) in [6.45, 7) is 6.55. The zero-order valence-electron chi connectivity index (χ0n) is 13.1. The Hall–Kier alpha value is -1.38. The van der Waals surface area contributed by atoms with Crippen molar-refractivity contribution in [1.29, 1.82) is 0 Å². The van der Waals surface area contributed by atoms with E-state index in [1.807, 2.05) is 0 Å². The molecule has 0 aromatic heterocycles. The molecule has 2 aromatic carbocycles. The van der Waals surface area contributed by atoms with Crippen LogP contribution in [0.3, 0.4) is 0 Å². The summed E-state index contributed by atoms with van der Waals surface area (Å²) in [5, 5.41) is 2.61. The van der Waals surface area contributed by atoms with Crippen molar-refractivity contribution in [3.8, 4) is 0 Å². The lowest BCUT2D eigenvalue weighted by atomic mass is 9.91. The van der Waals surface area contributed by atoms with Crippen LogP contribution in [0, 0.1) is 5.92 Å². The molecule has 2 heteroatoms. The van der Waals surface area contributed by atoms with Crippen LogP contribution in [-0.4, -0.2) is 24.0 Å². The largest absolute Gasteiger partial charge is 0.329 e. The van der Waals surface area contributed by atoms with Crippen molar-refractivity contribution in [2.45, 2.75) is 38.8 Å². The third-order valence-corrected chi connectivity index (χ3v) is 4.95. The fourth-order valence-corrected chi connectivity index (χ4v) is 3.64. The van der Waals surface area contributed by atoms with Gasteiger partial charge in [0.1, 0.15) is 0 Å². The number of hydrogen-bond acceptors (Lipinski definition) is 2. The lowest BCUT2D eigenvalue weighted by Crippen LogP contribution is -2.45. The molecule has 3 atom stereocenters. The molecule has 0 amide bonds. The Kier molecular flexibility index (Phi) is 4.27. The number of nitrogens with zero attached hydrogens (tertiary/aromatic N) is 1. The van der Waals surface area contributed by atoms with E-state index in [2.05, 4.69) is 61.2 Å². The van der Waals surface area contributed by atoms with Crippen molar-refractivity contribution < 1.29 is 0 Å². The van der Waals surface area contributed by atoms with Crippen LogP contribution >= 0.6 is 0 Å². The molecule has 0 spiro atoms. The van der Waals surface area contributed by atoms with E-state index in [0.29, 0.717) is 18.6 Å². The summed E-state index contributed by atoms with van der Waals surface area (Å²) in [5.74, 6) is 0.774. The Bertz CT molecular complexity index is 607. The molecule has 2 N–H and O–H groups in total. The van der Waals surface area contributed by atoms with Gasteiger partial charge in [-0.05, 0) is 48.1 Å². The number of nitrogens with two attached hydrogens (primary N) is 1. The number of likely N-dealkylation sites (tertiary alicyclic amines) is 1. The van der Waals surface area contributed by atoms with Crippen molar-refractivity contribution in [3.63, 3.8) is 0 Å². The van der Waals surface area contributed by atoms with Gasteiger partial charge in [0.15, 0.2) is 0 Å². The maximum absolute atomic E-state index is 6.15. The highest BCUT2D eigenvalue weighted by Gasteiger charge is 2.29. The standard InChI is InChI=1S/C19H26N2/c1-14-7-8-15(2)21(13-14)19(12-20)18-10-9-16-5-3-4-6-17(16)11-18/h3-6,9-11,14-15,19H,7-8,12-13,20H2,1-2H3. The molecule has 2 aromatic rings. The van der Waals surface area contributed by atoms with E-state index in [-0.39, 0.29) is 0 Å². The first-order chi connectivity index (χ1) is 10.2. The van der Waals surface area contributed by atoms with Crippen LogP contribution in [0.25, 0.3) is 10.8 Å². The summed E-state index contributed by atoms with van der Waals surface area (Å²) in [6, 6.07) is 16.3. The van der Waals surface area contributed by atoms with Crippen molar-refractivity contribution in [3.05, 3.63) is 48.0 Å². The first-order valence-electron chi connectivity index (χ1n) is 8.13. The molecule has 1 heterocycles. The Labute approximate surface area is 127 Å². The zero-order chi connectivity index (χ0) is 14.8. The smallest absolute Gasteiger partial charge is 0.0473 e. The highest BCUT2D eigenvalue weighted by Crippen LogP contribution is 2.31. The summed E-state index contributed by atoms with van der Waals surface area (Å²) < 4.78 is 0. The van der Waals surface area contributed by atoms with Gasteiger partial charge in [0, 0.05) is 25.2 Å². The van der Waals surface area contributed by atoms with E-state index < -0.39 is 0 Å². The minimum absolute atomic E-state index is 0.340. The maximum atomic E-state index is 6.15. The number of hydrogen-bond donors (Lipinski definition) is 1. The zero-order valence-corrected chi connectivity index (χ0v) is 13.1. The van der Waals surface area contributed by atoms with Crippen LogP contribution < -0.4 is 5.73 Å². The number of fused-ring (bicyclic) bond motifs is 1. The van der Waals surface area contributed by atoms with Gasteiger partial charge in [-0.2, -0.15) is 0 Å². The van der Waals surface area contributed by atoms with Crippen LogP contribution in [0.15, 0.2) is 42.5 Å². The van der Waals surface area contributed by atoms with E-state index in [4.69, 9.17) is 5.73 Å². The van der Waals surface area contributed by atoms with Crippen LogP contribution in [0.5, 0.6) is 0 Å². The Morgan fingerprint density at radius 1 is 1.10 bits per heavy atom. The van der Waals surface area contributed by atoms with E-state index in [1.54, 1.807) is 0 Å². The van der Waals surface area contributed by atoms with Gasteiger partial charge in [0.05, 0.1) is 0 Å². The molecule has 0 radical (unpaired) electrons. The molecule has 0 bridgehead atoms.